The van der Waals surface area contributed by atoms with E-state index in [1.165, 1.54) is 51.4 Å². The van der Waals surface area contributed by atoms with Gasteiger partial charge in [-0.15, -0.1) is 11.6 Å². The van der Waals surface area contributed by atoms with Gasteiger partial charge in [0.1, 0.15) is 6.10 Å². The molecule has 4 heteroatoms. The SMILES string of the molecule is CN1C2CCC1C(C(=O)OC1CCCCC1)[C@@H](C1CCC(Cl)CC1)C2. The summed E-state index contributed by atoms with van der Waals surface area (Å²) in [6, 6.07) is 1.09. The number of fused-ring (bicyclic) bond motifs is 2. The van der Waals surface area contributed by atoms with Gasteiger partial charge in [0.25, 0.3) is 0 Å². The minimum Gasteiger partial charge on any atom is -0.462 e. The maximum absolute atomic E-state index is 13.2. The molecule has 2 heterocycles. The van der Waals surface area contributed by atoms with Crippen molar-refractivity contribution in [3.63, 3.8) is 0 Å². The third kappa shape index (κ3) is 3.74. The highest BCUT2D eigenvalue weighted by Crippen LogP contribution is 2.48. The fourth-order valence-corrected chi connectivity index (χ4v) is 6.51. The highest BCUT2D eigenvalue weighted by molar-refractivity contribution is 6.20. The molecule has 0 radical (unpaired) electrons. The monoisotopic (exact) mass is 367 g/mol. The van der Waals surface area contributed by atoms with Crippen LogP contribution in [0.15, 0.2) is 0 Å². The molecule has 142 valence electrons. The second-order valence-corrected chi connectivity index (χ2v) is 9.72. The number of halogens is 1. The normalized spacial score (nSPS) is 43.1. The molecular formula is C21H34ClNO2. The molecule has 2 aliphatic carbocycles. The van der Waals surface area contributed by atoms with Crippen molar-refractivity contribution in [2.24, 2.45) is 17.8 Å². The Labute approximate surface area is 157 Å². The first-order valence-corrected chi connectivity index (χ1v) is 11.1. The Kier molecular flexibility index (Phi) is 5.62. The van der Waals surface area contributed by atoms with Gasteiger partial charge in [-0.25, -0.2) is 0 Å². The molecule has 0 aromatic heterocycles. The van der Waals surface area contributed by atoms with E-state index in [2.05, 4.69) is 11.9 Å². The molecule has 0 spiro atoms. The van der Waals surface area contributed by atoms with Gasteiger partial charge in [0.2, 0.25) is 0 Å². The lowest BCUT2D eigenvalue weighted by Crippen LogP contribution is -2.52. The van der Waals surface area contributed by atoms with Crippen LogP contribution in [-0.2, 0) is 9.53 Å². The highest BCUT2D eigenvalue weighted by atomic mass is 35.5. The van der Waals surface area contributed by atoms with Crippen molar-refractivity contribution in [2.75, 3.05) is 7.05 Å². The van der Waals surface area contributed by atoms with Crippen LogP contribution in [0.3, 0.4) is 0 Å². The molecule has 0 aromatic rings. The second kappa shape index (κ2) is 7.76. The van der Waals surface area contributed by atoms with Crippen LogP contribution in [0.5, 0.6) is 0 Å². The minimum absolute atomic E-state index is 0.0996. The Bertz CT molecular complexity index is 471. The Balaban J connectivity index is 1.48. The molecule has 4 rings (SSSR count). The molecule has 3 nitrogen and oxygen atoms in total. The average molecular weight is 368 g/mol. The van der Waals surface area contributed by atoms with Crippen LogP contribution in [0, 0.1) is 17.8 Å². The molecule has 2 aliphatic heterocycles. The lowest BCUT2D eigenvalue weighted by Gasteiger charge is -2.46. The number of hydrogen-bond donors (Lipinski definition) is 0. The fraction of sp³-hybridized carbons (Fsp3) is 0.952. The summed E-state index contributed by atoms with van der Waals surface area (Å²) in [4.78, 5) is 15.7. The summed E-state index contributed by atoms with van der Waals surface area (Å²) < 4.78 is 6.08. The van der Waals surface area contributed by atoms with Gasteiger partial charge in [0, 0.05) is 17.5 Å². The number of esters is 1. The quantitative estimate of drug-likeness (QED) is 0.532. The third-order valence-corrected chi connectivity index (χ3v) is 8.17. The molecule has 4 fully saturated rings. The van der Waals surface area contributed by atoms with Crippen molar-refractivity contribution in [3.05, 3.63) is 0 Å². The van der Waals surface area contributed by atoms with Crippen molar-refractivity contribution < 1.29 is 9.53 Å². The van der Waals surface area contributed by atoms with Gasteiger partial charge >= 0.3 is 5.97 Å². The first-order valence-electron chi connectivity index (χ1n) is 10.7. The van der Waals surface area contributed by atoms with Crippen molar-refractivity contribution in [1.82, 2.24) is 4.90 Å². The molecule has 0 aromatic carbocycles. The van der Waals surface area contributed by atoms with Crippen LogP contribution >= 0.6 is 11.6 Å². The first kappa shape index (κ1) is 18.1. The molecule has 4 atom stereocenters. The Morgan fingerprint density at radius 2 is 1.68 bits per heavy atom. The maximum atomic E-state index is 13.2. The number of piperidine rings is 1. The van der Waals surface area contributed by atoms with Crippen LogP contribution in [-0.4, -0.2) is 41.5 Å². The van der Waals surface area contributed by atoms with E-state index in [-0.39, 0.29) is 18.0 Å². The number of rotatable bonds is 3. The number of carbonyl (C=O) groups excluding carboxylic acids is 1. The summed E-state index contributed by atoms with van der Waals surface area (Å²) in [5, 5.41) is 0.354. The van der Waals surface area contributed by atoms with Crippen molar-refractivity contribution in [1.29, 1.82) is 0 Å². The van der Waals surface area contributed by atoms with Crippen LogP contribution in [0.1, 0.15) is 77.0 Å². The maximum Gasteiger partial charge on any atom is 0.311 e. The molecule has 2 bridgehead atoms. The zero-order chi connectivity index (χ0) is 17.4. The summed E-state index contributed by atoms with van der Waals surface area (Å²) in [5.41, 5.74) is 0. The van der Waals surface area contributed by atoms with E-state index in [0.717, 1.165) is 25.7 Å². The second-order valence-electron chi connectivity index (χ2n) is 9.10. The number of carbonyl (C=O) groups is 1. The van der Waals surface area contributed by atoms with Crippen molar-refractivity contribution >= 4 is 17.6 Å². The summed E-state index contributed by atoms with van der Waals surface area (Å²) in [5.74, 6) is 1.43. The molecule has 0 N–H and O–H groups in total. The van der Waals surface area contributed by atoms with Gasteiger partial charge in [-0.05, 0) is 89.5 Å². The van der Waals surface area contributed by atoms with Gasteiger partial charge in [-0.1, -0.05) is 6.42 Å². The summed E-state index contributed by atoms with van der Waals surface area (Å²) in [7, 11) is 2.23. The molecular weight excluding hydrogens is 334 g/mol. The van der Waals surface area contributed by atoms with Crippen LogP contribution in [0.4, 0.5) is 0 Å². The Morgan fingerprint density at radius 1 is 0.960 bits per heavy atom. The van der Waals surface area contributed by atoms with Crippen molar-refractivity contribution in [2.45, 2.75) is 101 Å². The highest BCUT2D eigenvalue weighted by Gasteiger charge is 2.51. The van der Waals surface area contributed by atoms with Gasteiger partial charge < -0.3 is 4.74 Å². The third-order valence-electron chi connectivity index (χ3n) is 7.73. The molecule has 4 aliphatic rings. The van der Waals surface area contributed by atoms with E-state index in [1.54, 1.807) is 0 Å². The van der Waals surface area contributed by atoms with E-state index in [1.807, 2.05) is 0 Å². The lowest BCUT2D eigenvalue weighted by atomic mass is 9.68. The average Bonchev–Trinajstić information content (AvgIpc) is 2.86. The number of nitrogens with zero attached hydrogens (tertiary/aromatic N) is 1. The van der Waals surface area contributed by atoms with Gasteiger partial charge in [0.05, 0.1) is 5.92 Å². The summed E-state index contributed by atoms with van der Waals surface area (Å²) in [6.45, 7) is 0. The van der Waals surface area contributed by atoms with E-state index in [0.29, 0.717) is 29.3 Å². The van der Waals surface area contributed by atoms with E-state index >= 15 is 0 Å². The zero-order valence-electron chi connectivity index (χ0n) is 15.7. The molecule has 25 heavy (non-hydrogen) atoms. The van der Waals surface area contributed by atoms with Crippen LogP contribution in [0.2, 0.25) is 0 Å². The summed E-state index contributed by atoms with van der Waals surface area (Å²) in [6.07, 6.45) is 14.3. The van der Waals surface area contributed by atoms with E-state index in [4.69, 9.17) is 16.3 Å². The van der Waals surface area contributed by atoms with E-state index < -0.39 is 0 Å². The zero-order valence-corrected chi connectivity index (χ0v) is 16.4. The number of alkyl halides is 1. The van der Waals surface area contributed by atoms with Gasteiger partial charge in [-0.2, -0.15) is 0 Å². The Morgan fingerprint density at radius 3 is 2.40 bits per heavy atom. The Hall–Kier alpha value is -0.280. The van der Waals surface area contributed by atoms with Crippen LogP contribution in [0.25, 0.3) is 0 Å². The molecule has 0 amide bonds. The topological polar surface area (TPSA) is 29.5 Å². The molecule has 2 saturated heterocycles. The van der Waals surface area contributed by atoms with Gasteiger partial charge in [-0.3, -0.25) is 9.69 Å². The fourth-order valence-electron chi connectivity index (χ4n) is 6.25. The van der Waals surface area contributed by atoms with E-state index in [9.17, 15) is 4.79 Å². The standard InChI is InChI=1S/C21H34ClNO2/c1-23-16-11-12-19(23)20(21(24)25-17-5-3-2-4-6-17)18(13-16)14-7-9-15(22)10-8-14/h14-20H,2-13H2,1H3/t14?,15?,16?,18-,19?,20?/m1/s1. The van der Waals surface area contributed by atoms with Gasteiger partial charge in [0.15, 0.2) is 0 Å². The predicted molar refractivity (Wildman–Crippen MR) is 101 cm³/mol. The molecule has 3 unspecified atom stereocenters. The number of hydrogen-bond acceptors (Lipinski definition) is 3. The first-order chi connectivity index (χ1) is 12.1. The lowest BCUT2D eigenvalue weighted by molar-refractivity contribution is -0.164. The predicted octanol–water partition coefficient (Wildman–Crippen LogP) is 4.76. The number of ether oxygens (including phenoxy) is 1. The largest absolute Gasteiger partial charge is 0.462 e. The smallest absolute Gasteiger partial charge is 0.311 e. The molecule has 2 saturated carbocycles. The minimum atomic E-state index is 0.0996. The summed E-state index contributed by atoms with van der Waals surface area (Å²) >= 11 is 6.34. The van der Waals surface area contributed by atoms with Crippen LogP contribution < -0.4 is 0 Å². The van der Waals surface area contributed by atoms with Crippen molar-refractivity contribution in [3.8, 4) is 0 Å².